The third-order valence-electron chi connectivity index (χ3n) is 4.85. The van der Waals surface area contributed by atoms with Crippen molar-refractivity contribution in [1.29, 1.82) is 0 Å². The summed E-state index contributed by atoms with van der Waals surface area (Å²) in [6, 6.07) is 10.5. The molecule has 2 aromatic carbocycles. The maximum atomic E-state index is 12.7. The highest BCUT2D eigenvalue weighted by Gasteiger charge is 2.26. The molecule has 0 aliphatic carbocycles. The molecule has 0 unspecified atom stereocenters. The molecule has 1 aromatic heterocycles. The van der Waals surface area contributed by atoms with Gasteiger partial charge in [0.1, 0.15) is 5.75 Å². The highest BCUT2D eigenvalue weighted by molar-refractivity contribution is 5.82. The van der Waals surface area contributed by atoms with Gasteiger partial charge in [0, 0.05) is 11.1 Å². The molecule has 0 spiro atoms. The van der Waals surface area contributed by atoms with Gasteiger partial charge >= 0.3 is 5.69 Å². The van der Waals surface area contributed by atoms with E-state index in [0.717, 1.165) is 15.8 Å². The maximum absolute atomic E-state index is 12.7. The predicted molar refractivity (Wildman–Crippen MR) is 117 cm³/mol. The van der Waals surface area contributed by atoms with Crippen LogP contribution in [0.15, 0.2) is 51.1 Å². The van der Waals surface area contributed by atoms with Crippen molar-refractivity contribution < 1.29 is 5.11 Å². The van der Waals surface area contributed by atoms with Crippen LogP contribution in [0.1, 0.15) is 58.2 Å². The number of benzene rings is 2. The summed E-state index contributed by atoms with van der Waals surface area (Å²) in [5.74, 6) is 0.267. The second kappa shape index (κ2) is 7.03. The third kappa shape index (κ3) is 4.01. The first kappa shape index (κ1) is 20.6. The molecule has 6 heteroatoms. The number of hydrogen-bond acceptors (Lipinski definition) is 4. The Balaban J connectivity index is 2.18. The first-order valence-corrected chi connectivity index (χ1v) is 9.56. The maximum Gasteiger partial charge on any atom is 0.349 e. The number of phenolic OH excluding ortho intramolecular Hbond substituents is 1. The molecule has 0 fully saturated rings. The third-order valence-corrected chi connectivity index (χ3v) is 4.85. The van der Waals surface area contributed by atoms with E-state index < -0.39 is 11.2 Å². The number of aromatic hydroxyl groups is 1. The molecule has 6 nitrogen and oxygen atoms in total. The standard InChI is InChI=1S/C23H27N3O3/c1-22(2,3)16-11-14(12-17(19(16)27)23(4,5)6)13-24-26-20(28)15-9-7-8-10-18(15)25-21(26)29/h7-13,27H,1-6H3,(H,25,29). The van der Waals surface area contributed by atoms with E-state index in [2.05, 4.69) is 10.1 Å². The van der Waals surface area contributed by atoms with E-state index in [-0.39, 0.29) is 16.6 Å². The molecule has 0 bridgehead atoms. The zero-order chi connectivity index (χ0) is 21.6. The van der Waals surface area contributed by atoms with Crippen LogP contribution >= 0.6 is 0 Å². The number of rotatable bonds is 2. The predicted octanol–water partition coefficient (Wildman–Crippen LogP) is 3.87. The zero-order valence-corrected chi connectivity index (χ0v) is 17.7. The molecule has 1 heterocycles. The van der Waals surface area contributed by atoms with Crippen LogP contribution in [0.4, 0.5) is 0 Å². The number of nitrogens with zero attached hydrogens (tertiary/aromatic N) is 2. The van der Waals surface area contributed by atoms with Gasteiger partial charge in [0.25, 0.3) is 5.56 Å². The van der Waals surface area contributed by atoms with E-state index in [9.17, 15) is 14.7 Å². The summed E-state index contributed by atoms with van der Waals surface area (Å²) < 4.78 is 0.822. The van der Waals surface area contributed by atoms with Crippen molar-refractivity contribution in [3.63, 3.8) is 0 Å². The Morgan fingerprint density at radius 1 is 0.966 bits per heavy atom. The van der Waals surface area contributed by atoms with Crippen LogP contribution in [0.2, 0.25) is 0 Å². The topological polar surface area (TPSA) is 87.5 Å². The van der Waals surface area contributed by atoms with Crippen molar-refractivity contribution in [2.45, 2.75) is 52.4 Å². The molecule has 0 saturated heterocycles. The van der Waals surface area contributed by atoms with Crippen molar-refractivity contribution in [1.82, 2.24) is 9.66 Å². The number of nitrogens with one attached hydrogen (secondary N) is 1. The molecule has 0 aliphatic heterocycles. The van der Waals surface area contributed by atoms with Gasteiger partial charge in [-0.15, -0.1) is 4.68 Å². The fourth-order valence-electron chi connectivity index (χ4n) is 3.26. The van der Waals surface area contributed by atoms with Crippen molar-refractivity contribution in [2.24, 2.45) is 5.10 Å². The normalized spacial score (nSPS) is 12.8. The Morgan fingerprint density at radius 2 is 1.52 bits per heavy atom. The van der Waals surface area contributed by atoms with Crippen molar-refractivity contribution in [3.8, 4) is 5.75 Å². The smallest absolute Gasteiger partial charge is 0.349 e. The highest BCUT2D eigenvalue weighted by atomic mass is 16.3. The van der Waals surface area contributed by atoms with Crippen LogP contribution < -0.4 is 11.2 Å². The van der Waals surface area contributed by atoms with Gasteiger partial charge in [-0.25, -0.2) is 4.79 Å². The summed E-state index contributed by atoms with van der Waals surface area (Å²) in [6.45, 7) is 12.1. The van der Waals surface area contributed by atoms with E-state index in [4.69, 9.17) is 0 Å². The van der Waals surface area contributed by atoms with Crippen LogP contribution in [0, 0.1) is 0 Å². The largest absolute Gasteiger partial charge is 0.507 e. The minimum absolute atomic E-state index is 0.267. The molecular formula is C23H27N3O3. The van der Waals surface area contributed by atoms with Gasteiger partial charge in [-0.05, 0) is 40.7 Å². The molecule has 0 aliphatic rings. The summed E-state index contributed by atoms with van der Waals surface area (Å²) >= 11 is 0. The van der Waals surface area contributed by atoms with E-state index >= 15 is 0 Å². The summed E-state index contributed by atoms with van der Waals surface area (Å²) in [5.41, 5.74) is 1.09. The van der Waals surface area contributed by atoms with Crippen LogP contribution in [0.5, 0.6) is 5.75 Å². The Kier molecular flexibility index (Phi) is 4.99. The molecule has 0 atom stereocenters. The van der Waals surface area contributed by atoms with E-state index in [1.165, 1.54) is 6.21 Å². The molecule has 152 valence electrons. The van der Waals surface area contributed by atoms with Crippen LogP contribution in [-0.4, -0.2) is 21.0 Å². The van der Waals surface area contributed by atoms with E-state index in [0.29, 0.717) is 16.5 Å². The minimum atomic E-state index is -0.601. The van der Waals surface area contributed by atoms with Gasteiger partial charge in [-0.1, -0.05) is 53.7 Å². The molecule has 29 heavy (non-hydrogen) atoms. The number of hydrogen-bond donors (Lipinski definition) is 2. The molecule has 2 N–H and O–H groups in total. The Labute approximate surface area is 169 Å². The summed E-state index contributed by atoms with van der Waals surface area (Å²) in [7, 11) is 0. The highest BCUT2D eigenvalue weighted by Crippen LogP contribution is 2.39. The Hall–Kier alpha value is -3.15. The number of aromatic amines is 1. The summed E-state index contributed by atoms with van der Waals surface area (Å²) in [4.78, 5) is 27.7. The second-order valence-electron chi connectivity index (χ2n) is 9.30. The SMILES string of the molecule is CC(C)(C)c1cc(C=Nn2c(=O)[nH]c3ccccc3c2=O)cc(C(C)(C)C)c1O. The molecule has 0 amide bonds. The monoisotopic (exact) mass is 393 g/mol. The quantitative estimate of drug-likeness (QED) is 0.648. The first-order valence-electron chi connectivity index (χ1n) is 9.56. The summed E-state index contributed by atoms with van der Waals surface area (Å²) in [6.07, 6.45) is 1.48. The van der Waals surface area contributed by atoms with Crippen LogP contribution in [0.25, 0.3) is 10.9 Å². The fraction of sp³-hybridized carbons (Fsp3) is 0.348. The number of fused-ring (bicyclic) bond motifs is 1. The fourth-order valence-corrected chi connectivity index (χ4v) is 3.26. The lowest BCUT2D eigenvalue weighted by molar-refractivity contribution is 0.423. The van der Waals surface area contributed by atoms with Gasteiger partial charge in [0.05, 0.1) is 17.1 Å². The van der Waals surface area contributed by atoms with Crippen molar-refractivity contribution in [3.05, 3.63) is 73.9 Å². The average Bonchev–Trinajstić information content (AvgIpc) is 2.60. The average molecular weight is 393 g/mol. The van der Waals surface area contributed by atoms with Crippen molar-refractivity contribution >= 4 is 17.1 Å². The van der Waals surface area contributed by atoms with Crippen molar-refractivity contribution in [2.75, 3.05) is 0 Å². The van der Waals surface area contributed by atoms with Crippen LogP contribution in [-0.2, 0) is 10.8 Å². The van der Waals surface area contributed by atoms with Gasteiger partial charge in [0.15, 0.2) is 0 Å². The number of para-hydroxylation sites is 1. The summed E-state index contributed by atoms with van der Waals surface area (Å²) in [5, 5.41) is 15.4. The van der Waals surface area contributed by atoms with E-state index in [1.54, 1.807) is 24.3 Å². The number of aromatic nitrogens is 2. The van der Waals surface area contributed by atoms with Gasteiger partial charge in [0.2, 0.25) is 0 Å². The Morgan fingerprint density at radius 3 is 2.07 bits per heavy atom. The Bertz CT molecular complexity index is 1180. The van der Waals surface area contributed by atoms with Gasteiger partial charge < -0.3 is 10.1 Å². The van der Waals surface area contributed by atoms with Gasteiger partial charge in [-0.3, -0.25) is 4.79 Å². The molecule has 3 rings (SSSR count). The molecule has 0 radical (unpaired) electrons. The lowest BCUT2D eigenvalue weighted by Gasteiger charge is -2.27. The lowest BCUT2D eigenvalue weighted by atomic mass is 9.78. The second-order valence-corrected chi connectivity index (χ2v) is 9.30. The number of phenols is 1. The molecular weight excluding hydrogens is 366 g/mol. The molecule has 3 aromatic rings. The van der Waals surface area contributed by atoms with Crippen LogP contribution in [0.3, 0.4) is 0 Å². The lowest BCUT2D eigenvalue weighted by Crippen LogP contribution is -2.32. The number of H-pyrrole nitrogens is 1. The molecule has 0 saturated carbocycles. The minimum Gasteiger partial charge on any atom is -0.507 e. The zero-order valence-electron chi connectivity index (χ0n) is 17.7. The van der Waals surface area contributed by atoms with E-state index in [1.807, 2.05) is 53.7 Å². The first-order chi connectivity index (χ1) is 13.4. The van der Waals surface area contributed by atoms with Gasteiger partial charge in [-0.2, -0.15) is 5.10 Å².